The average Bonchev–Trinajstić information content (AvgIpc) is 2.92. The van der Waals surface area contributed by atoms with Crippen LogP contribution < -0.4 is 0 Å². The Morgan fingerprint density at radius 2 is 1.72 bits per heavy atom. The van der Waals surface area contributed by atoms with Gasteiger partial charge in [-0.05, 0) is 36.8 Å². The molecule has 25 heavy (non-hydrogen) atoms. The van der Waals surface area contributed by atoms with Crippen LogP contribution in [-0.2, 0) is 19.3 Å². The predicted molar refractivity (Wildman–Crippen MR) is 100 cm³/mol. The molecule has 0 aromatic heterocycles. The molecule has 1 unspecified atom stereocenters. The van der Waals surface area contributed by atoms with Gasteiger partial charge in [0.15, 0.2) is 15.6 Å². The minimum atomic E-state index is -3.22. The number of rotatable bonds is 5. The first-order chi connectivity index (χ1) is 11.8. The van der Waals surface area contributed by atoms with Crippen LogP contribution in [0.3, 0.4) is 0 Å². The molecule has 0 aliphatic carbocycles. The van der Waals surface area contributed by atoms with Gasteiger partial charge < -0.3 is 9.47 Å². The maximum absolute atomic E-state index is 11.7. The van der Waals surface area contributed by atoms with E-state index >= 15 is 0 Å². The minimum absolute atomic E-state index is 0.298. The quantitative estimate of drug-likeness (QED) is 0.790. The van der Waals surface area contributed by atoms with E-state index in [1.807, 2.05) is 49.4 Å². The topological polar surface area (TPSA) is 52.6 Å². The second-order valence-electron chi connectivity index (χ2n) is 5.95. The van der Waals surface area contributed by atoms with Gasteiger partial charge in [0.2, 0.25) is 0 Å². The maximum Gasteiger partial charge on any atom is 0.193 e. The average molecular weight is 376 g/mol. The number of sulfone groups is 1. The molecule has 1 aliphatic heterocycles. The normalized spacial score (nSPS) is 20.9. The fourth-order valence-electron chi connectivity index (χ4n) is 2.77. The molecular weight excluding hydrogens is 356 g/mol. The van der Waals surface area contributed by atoms with E-state index in [2.05, 4.69) is 0 Å². The van der Waals surface area contributed by atoms with Crippen molar-refractivity contribution in [3.63, 3.8) is 0 Å². The molecule has 0 saturated carbocycles. The lowest BCUT2D eigenvalue weighted by molar-refractivity contribution is -0.149. The first kappa shape index (κ1) is 18.2. The number of methoxy groups -OCH3 is 1. The number of hydrogen-bond donors (Lipinski definition) is 0. The van der Waals surface area contributed by atoms with E-state index in [4.69, 9.17) is 9.47 Å². The van der Waals surface area contributed by atoms with Crippen molar-refractivity contribution < 1.29 is 17.9 Å². The van der Waals surface area contributed by atoms with Crippen LogP contribution in [0.1, 0.15) is 12.5 Å². The summed E-state index contributed by atoms with van der Waals surface area (Å²) in [5.74, 6) is -0.857. The third kappa shape index (κ3) is 3.82. The van der Waals surface area contributed by atoms with Gasteiger partial charge in [0.05, 0.1) is 11.5 Å². The lowest BCUT2D eigenvalue weighted by Gasteiger charge is -2.25. The van der Waals surface area contributed by atoms with Crippen LogP contribution in [-0.4, -0.2) is 34.2 Å². The zero-order valence-corrected chi connectivity index (χ0v) is 16.0. The van der Waals surface area contributed by atoms with Crippen LogP contribution in [0.5, 0.6) is 0 Å². The predicted octanol–water partition coefficient (Wildman–Crippen LogP) is 3.99. The van der Waals surface area contributed by atoms with Gasteiger partial charge in [-0.15, -0.1) is 0 Å². The number of benzene rings is 2. The summed E-state index contributed by atoms with van der Waals surface area (Å²) in [6.45, 7) is 2.33. The van der Waals surface area contributed by atoms with Gasteiger partial charge in [0, 0.05) is 28.7 Å². The van der Waals surface area contributed by atoms with Gasteiger partial charge in [0.25, 0.3) is 0 Å². The van der Waals surface area contributed by atoms with E-state index in [-0.39, 0.29) is 0 Å². The molecule has 0 N–H and O–H groups in total. The first-order valence-electron chi connectivity index (χ1n) is 7.79. The van der Waals surface area contributed by atoms with E-state index in [9.17, 15) is 8.42 Å². The van der Waals surface area contributed by atoms with Crippen LogP contribution in [0.2, 0.25) is 0 Å². The minimum Gasteiger partial charge on any atom is -0.349 e. The van der Waals surface area contributed by atoms with Crippen molar-refractivity contribution in [1.29, 1.82) is 0 Å². The van der Waals surface area contributed by atoms with Gasteiger partial charge in [-0.3, -0.25) is 0 Å². The van der Waals surface area contributed by atoms with E-state index < -0.39 is 15.6 Å². The Bertz CT molecular complexity index is 887. The molecule has 1 aliphatic rings. The van der Waals surface area contributed by atoms with Crippen molar-refractivity contribution >= 4 is 27.2 Å². The van der Waals surface area contributed by atoms with Gasteiger partial charge >= 0.3 is 0 Å². The molecule has 0 radical (unpaired) electrons. The standard InChI is InChI=1S/C19H20O4S2/c1-19(22-2)18(14-9-11-16(12-10-14)25(3,20)21)17(13-23-19)24-15-7-5-4-6-8-15/h4-12H,13H2,1-3H3. The van der Waals surface area contributed by atoms with Gasteiger partial charge in [-0.25, -0.2) is 8.42 Å². The number of thioether (sulfide) groups is 1. The van der Waals surface area contributed by atoms with Crippen molar-refractivity contribution in [3.8, 4) is 0 Å². The molecule has 0 fully saturated rings. The van der Waals surface area contributed by atoms with Crippen molar-refractivity contribution in [2.45, 2.75) is 22.5 Å². The van der Waals surface area contributed by atoms with Crippen molar-refractivity contribution in [1.82, 2.24) is 0 Å². The SMILES string of the molecule is COC1(C)OCC(Sc2ccccc2)=C1c1ccc(S(C)(=O)=O)cc1. The largest absolute Gasteiger partial charge is 0.349 e. The molecule has 0 saturated heterocycles. The van der Waals surface area contributed by atoms with Crippen LogP contribution in [0.25, 0.3) is 5.57 Å². The molecule has 132 valence electrons. The zero-order valence-electron chi connectivity index (χ0n) is 14.4. The number of hydrogen-bond acceptors (Lipinski definition) is 5. The van der Waals surface area contributed by atoms with Crippen LogP contribution in [0.15, 0.2) is 69.3 Å². The highest BCUT2D eigenvalue weighted by molar-refractivity contribution is 8.03. The monoisotopic (exact) mass is 376 g/mol. The van der Waals surface area contributed by atoms with E-state index in [1.165, 1.54) is 6.26 Å². The van der Waals surface area contributed by atoms with Gasteiger partial charge in [0.1, 0.15) is 0 Å². The molecule has 6 heteroatoms. The van der Waals surface area contributed by atoms with E-state index in [0.29, 0.717) is 11.5 Å². The summed E-state index contributed by atoms with van der Waals surface area (Å²) in [4.78, 5) is 2.47. The van der Waals surface area contributed by atoms with E-state index in [1.54, 1.807) is 31.0 Å². The Balaban J connectivity index is 2.04. The fourth-order valence-corrected chi connectivity index (χ4v) is 4.50. The lowest BCUT2D eigenvalue weighted by Crippen LogP contribution is -2.28. The Morgan fingerprint density at radius 1 is 1.08 bits per heavy atom. The second-order valence-corrected chi connectivity index (χ2v) is 9.13. The second kappa shape index (κ2) is 6.96. The van der Waals surface area contributed by atoms with Gasteiger partial charge in [-0.1, -0.05) is 42.1 Å². The lowest BCUT2D eigenvalue weighted by atomic mass is 9.99. The number of ether oxygens (including phenoxy) is 2. The summed E-state index contributed by atoms with van der Waals surface area (Å²) < 4.78 is 34.9. The molecule has 2 aromatic carbocycles. The zero-order chi connectivity index (χ0) is 18.1. The third-order valence-electron chi connectivity index (χ3n) is 4.16. The third-order valence-corrected chi connectivity index (χ3v) is 6.36. The van der Waals surface area contributed by atoms with Crippen molar-refractivity contribution in [3.05, 3.63) is 65.1 Å². The molecule has 0 spiro atoms. The van der Waals surface area contributed by atoms with E-state index in [0.717, 1.165) is 20.9 Å². The summed E-state index contributed by atoms with van der Waals surface area (Å²) in [5, 5.41) is 0. The Labute approximate surface area is 152 Å². The molecule has 0 bridgehead atoms. The molecule has 1 atom stereocenters. The molecule has 4 nitrogen and oxygen atoms in total. The highest BCUT2D eigenvalue weighted by Crippen LogP contribution is 2.45. The molecule has 2 aromatic rings. The summed E-state index contributed by atoms with van der Waals surface area (Å²) in [6.07, 6.45) is 1.20. The first-order valence-corrected chi connectivity index (χ1v) is 10.5. The molecular formula is C19H20O4S2. The van der Waals surface area contributed by atoms with Crippen molar-refractivity contribution in [2.24, 2.45) is 0 Å². The molecule has 0 amide bonds. The van der Waals surface area contributed by atoms with Gasteiger partial charge in [-0.2, -0.15) is 0 Å². The molecule has 3 rings (SSSR count). The van der Waals surface area contributed by atoms with Crippen molar-refractivity contribution in [2.75, 3.05) is 20.0 Å². The van der Waals surface area contributed by atoms with Crippen LogP contribution >= 0.6 is 11.8 Å². The summed E-state index contributed by atoms with van der Waals surface area (Å²) >= 11 is 1.64. The highest BCUT2D eigenvalue weighted by atomic mass is 32.2. The summed E-state index contributed by atoms with van der Waals surface area (Å²) in [5.41, 5.74) is 1.83. The summed E-state index contributed by atoms with van der Waals surface area (Å²) in [6, 6.07) is 16.9. The highest BCUT2D eigenvalue weighted by Gasteiger charge is 2.39. The summed E-state index contributed by atoms with van der Waals surface area (Å²) in [7, 11) is -1.61. The van der Waals surface area contributed by atoms with Crippen LogP contribution in [0, 0.1) is 0 Å². The Morgan fingerprint density at radius 3 is 2.28 bits per heavy atom. The fraction of sp³-hybridized carbons (Fsp3) is 0.263. The smallest absolute Gasteiger partial charge is 0.193 e. The Kier molecular flexibility index (Phi) is 5.06. The van der Waals surface area contributed by atoms with Crippen LogP contribution in [0.4, 0.5) is 0 Å². The maximum atomic E-state index is 11.7. The Hall–Kier alpha value is -1.60. The molecule has 1 heterocycles.